The van der Waals surface area contributed by atoms with E-state index in [0.29, 0.717) is 31.1 Å². The summed E-state index contributed by atoms with van der Waals surface area (Å²) in [5.41, 5.74) is -0.760. The molecule has 0 saturated carbocycles. The third-order valence-corrected chi connectivity index (χ3v) is 4.38. The van der Waals surface area contributed by atoms with Crippen LogP contribution in [0.1, 0.15) is 34.8 Å². The monoisotopic (exact) mass is 400 g/mol. The molecule has 0 aliphatic rings. The van der Waals surface area contributed by atoms with Gasteiger partial charge in [0.25, 0.3) is 5.56 Å². The van der Waals surface area contributed by atoms with Crippen molar-refractivity contribution in [2.75, 3.05) is 26.9 Å². The highest BCUT2D eigenvalue weighted by Crippen LogP contribution is 2.23. The van der Waals surface area contributed by atoms with E-state index in [9.17, 15) is 20.0 Å². The SMILES string of the molecule is CCOCCCn1c(O)c(C(=O)COc2ccc(OC)cc2)c(C)c(C#N)c1=O. The minimum atomic E-state index is -0.633. The summed E-state index contributed by atoms with van der Waals surface area (Å²) >= 11 is 0. The number of ether oxygens (including phenoxy) is 3. The predicted molar refractivity (Wildman–Crippen MR) is 106 cm³/mol. The Kier molecular flexibility index (Phi) is 7.80. The molecule has 1 N–H and O–H groups in total. The second-order valence-corrected chi connectivity index (χ2v) is 6.21. The number of nitriles is 1. The Bertz CT molecular complexity index is 957. The number of aromatic nitrogens is 1. The van der Waals surface area contributed by atoms with Crippen molar-refractivity contribution in [3.05, 3.63) is 51.3 Å². The molecular weight excluding hydrogens is 376 g/mol. The number of nitrogens with zero attached hydrogens (tertiary/aromatic N) is 2. The fraction of sp³-hybridized carbons (Fsp3) is 0.381. The lowest BCUT2D eigenvalue weighted by Gasteiger charge is -2.16. The van der Waals surface area contributed by atoms with E-state index in [1.807, 2.05) is 13.0 Å². The van der Waals surface area contributed by atoms with Crippen LogP contribution in [0.15, 0.2) is 29.1 Å². The molecule has 2 rings (SSSR count). The third-order valence-electron chi connectivity index (χ3n) is 4.38. The van der Waals surface area contributed by atoms with Crippen molar-refractivity contribution in [3.8, 4) is 23.4 Å². The number of ketones is 1. The molecule has 1 aromatic carbocycles. The molecule has 8 nitrogen and oxygen atoms in total. The van der Waals surface area contributed by atoms with E-state index in [4.69, 9.17) is 14.2 Å². The van der Waals surface area contributed by atoms with Gasteiger partial charge in [-0.3, -0.25) is 14.2 Å². The van der Waals surface area contributed by atoms with Crippen molar-refractivity contribution in [1.29, 1.82) is 5.26 Å². The van der Waals surface area contributed by atoms with Gasteiger partial charge >= 0.3 is 0 Å². The van der Waals surface area contributed by atoms with Gasteiger partial charge in [-0.1, -0.05) is 0 Å². The Morgan fingerprint density at radius 3 is 2.48 bits per heavy atom. The van der Waals surface area contributed by atoms with Crippen LogP contribution in [0.3, 0.4) is 0 Å². The van der Waals surface area contributed by atoms with Crippen LogP contribution in [-0.2, 0) is 11.3 Å². The van der Waals surface area contributed by atoms with Crippen LogP contribution in [0.2, 0.25) is 0 Å². The van der Waals surface area contributed by atoms with E-state index in [2.05, 4.69) is 0 Å². The van der Waals surface area contributed by atoms with Crippen LogP contribution >= 0.6 is 0 Å². The van der Waals surface area contributed by atoms with Gasteiger partial charge in [0, 0.05) is 19.8 Å². The van der Waals surface area contributed by atoms with Gasteiger partial charge in [-0.15, -0.1) is 0 Å². The number of methoxy groups -OCH3 is 1. The molecule has 0 aliphatic carbocycles. The van der Waals surface area contributed by atoms with Crippen LogP contribution in [0.5, 0.6) is 17.4 Å². The van der Waals surface area contributed by atoms with E-state index in [-0.39, 0.29) is 29.8 Å². The van der Waals surface area contributed by atoms with E-state index in [1.54, 1.807) is 31.4 Å². The number of carbonyl (C=O) groups excluding carboxylic acids is 1. The highest BCUT2D eigenvalue weighted by Gasteiger charge is 2.24. The maximum absolute atomic E-state index is 12.7. The Balaban J connectivity index is 2.28. The number of carbonyl (C=O) groups is 1. The minimum Gasteiger partial charge on any atom is -0.497 e. The van der Waals surface area contributed by atoms with Gasteiger partial charge in [-0.2, -0.15) is 5.26 Å². The second-order valence-electron chi connectivity index (χ2n) is 6.21. The van der Waals surface area contributed by atoms with Crippen LogP contribution < -0.4 is 15.0 Å². The summed E-state index contributed by atoms with van der Waals surface area (Å²) in [7, 11) is 1.54. The van der Waals surface area contributed by atoms with E-state index < -0.39 is 17.2 Å². The molecule has 0 radical (unpaired) electrons. The lowest BCUT2D eigenvalue weighted by atomic mass is 10.0. The summed E-state index contributed by atoms with van der Waals surface area (Å²) in [4.78, 5) is 25.2. The standard InChI is InChI=1S/C21H24N2O6/c1-4-28-11-5-10-23-20(25)17(12-22)14(2)19(21(23)26)18(24)13-29-16-8-6-15(27-3)7-9-16/h6-9,26H,4-5,10-11,13H2,1-3H3. The fourth-order valence-electron chi connectivity index (χ4n) is 2.85. The van der Waals surface area contributed by atoms with Gasteiger partial charge in [0.05, 0.1) is 12.7 Å². The van der Waals surface area contributed by atoms with Crippen molar-refractivity contribution in [2.24, 2.45) is 0 Å². The van der Waals surface area contributed by atoms with Crippen molar-refractivity contribution in [2.45, 2.75) is 26.8 Å². The first-order chi connectivity index (χ1) is 13.9. The predicted octanol–water partition coefficient (Wildman–Crippen LogP) is 2.43. The molecular formula is C21H24N2O6. The maximum atomic E-state index is 12.7. The van der Waals surface area contributed by atoms with Crippen LogP contribution in [0, 0.1) is 18.3 Å². The average Bonchev–Trinajstić information content (AvgIpc) is 2.72. The number of hydrogen-bond donors (Lipinski definition) is 1. The van der Waals surface area contributed by atoms with Crippen LogP contribution in [0.25, 0.3) is 0 Å². The molecule has 8 heteroatoms. The van der Waals surface area contributed by atoms with Gasteiger partial charge in [-0.05, 0) is 50.1 Å². The van der Waals surface area contributed by atoms with Crippen molar-refractivity contribution < 1.29 is 24.1 Å². The summed E-state index contributed by atoms with van der Waals surface area (Å²) < 4.78 is 16.8. The summed E-state index contributed by atoms with van der Waals surface area (Å²) in [6, 6.07) is 8.50. The molecule has 0 aliphatic heterocycles. The molecule has 0 amide bonds. The molecule has 2 aromatic rings. The summed E-state index contributed by atoms with van der Waals surface area (Å²) in [6.45, 7) is 4.00. The fourth-order valence-corrected chi connectivity index (χ4v) is 2.85. The van der Waals surface area contributed by atoms with Gasteiger partial charge < -0.3 is 19.3 Å². The molecule has 0 unspecified atom stereocenters. The molecule has 0 atom stereocenters. The molecule has 0 bridgehead atoms. The zero-order valence-corrected chi connectivity index (χ0v) is 16.7. The quantitative estimate of drug-likeness (QED) is 0.482. The largest absolute Gasteiger partial charge is 0.497 e. The normalized spacial score (nSPS) is 10.4. The first kappa shape index (κ1) is 22.0. The number of pyridine rings is 1. The molecule has 0 fully saturated rings. The van der Waals surface area contributed by atoms with Gasteiger partial charge in [0.1, 0.15) is 23.1 Å². The third kappa shape index (κ3) is 5.15. The Labute approximate surface area is 168 Å². The van der Waals surface area contributed by atoms with Crippen LogP contribution in [0.4, 0.5) is 0 Å². The lowest BCUT2D eigenvalue weighted by molar-refractivity contribution is 0.0916. The molecule has 154 valence electrons. The van der Waals surface area contributed by atoms with E-state index in [0.717, 1.165) is 4.57 Å². The second kappa shape index (κ2) is 10.3. The smallest absolute Gasteiger partial charge is 0.271 e. The first-order valence-electron chi connectivity index (χ1n) is 9.18. The van der Waals surface area contributed by atoms with Crippen molar-refractivity contribution >= 4 is 5.78 Å². The van der Waals surface area contributed by atoms with Gasteiger partial charge in [-0.25, -0.2) is 0 Å². The number of aromatic hydroxyl groups is 1. The molecule has 1 aromatic heterocycles. The number of benzene rings is 1. The lowest BCUT2D eigenvalue weighted by Crippen LogP contribution is -2.28. The summed E-state index contributed by atoms with van der Waals surface area (Å²) in [5.74, 6) is 0.0917. The molecule has 0 spiro atoms. The highest BCUT2D eigenvalue weighted by atomic mass is 16.5. The number of rotatable bonds is 10. The first-order valence-corrected chi connectivity index (χ1v) is 9.18. The Hall–Kier alpha value is -3.31. The van der Waals surface area contributed by atoms with Gasteiger partial charge in [0.2, 0.25) is 11.7 Å². The van der Waals surface area contributed by atoms with E-state index >= 15 is 0 Å². The minimum absolute atomic E-state index is 0.0916. The molecule has 1 heterocycles. The zero-order chi connectivity index (χ0) is 21.4. The average molecular weight is 400 g/mol. The topological polar surface area (TPSA) is 111 Å². The number of hydrogen-bond acceptors (Lipinski definition) is 7. The molecule has 29 heavy (non-hydrogen) atoms. The Morgan fingerprint density at radius 1 is 1.24 bits per heavy atom. The van der Waals surface area contributed by atoms with Crippen molar-refractivity contribution in [1.82, 2.24) is 4.57 Å². The Morgan fingerprint density at radius 2 is 1.90 bits per heavy atom. The highest BCUT2D eigenvalue weighted by molar-refractivity contribution is 6.01. The molecule has 0 saturated heterocycles. The zero-order valence-electron chi connectivity index (χ0n) is 16.7. The summed E-state index contributed by atoms with van der Waals surface area (Å²) in [6.07, 6.45) is 0.450. The van der Waals surface area contributed by atoms with E-state index in [1.165, 1.54) is 6.92 Å². The maximum Gasteiger partial charge on any atom is 0.271 e. The van der Waals surface area contributed by atoms with Crippen LogP contribution in [-0.4, -0.2) is 42.4 Å². The van der Waals surface area contributed by atoms with Crippen molar-refractivity contribution in [3.63, 3.8) is 0 Å². The van der Waals surface area contributed by atoms with Gasteiger partial charge in [0.15, 0.2) is 6.61 Å². The summed E-state index contributed by atoms with van der Waals surface area (Å²) in [5, 5.41) is 19.9. The number of Topliss-reactive ketones (excluding diaryl/α,β-unsaturated/α-hetero) is 1.